The van der Waals surface area contributed by atoms with Crippen LogP contribution in [0.3, 0.4) is 0 Å². The Hall–Kier alpha value is -0.890. The molecule has 8 heteroatoms. The summed E-state index contributed by atoms with van der Waals surface area (Å²) in [7, 11) is -3.83. The second-order valence-electron chi connectivity index (χ2n) is 5.51. The average Bonchev–Trinajstić information content (AvgIpc) is 2.30. The van der Waals surface area contributed by atoms with E-state index in [0.717, 1.165) is 0 Å². The van der Waals surface area contributed by atoms with Gasteiger partial charge in [-0.15, -0.1) is 0 Å². The zero-order valence-corrected chi connectivity index (χ0v) is 13.4. The normalized spacial score (nSPS) is 15.3. The number of hydrogen-bond acceptors (Lipinski definition) is 5. The Balaban J connectivity index is 3.14. The van der Waals surface area contributed by atoms with Crippen LogP contribution in [-0.4, -0.2) is 25.5 Å². The number of nitrogens with zero attached hydrogens (tertiary/aromatic N) is 1. The number of nitrogen functional groups attached to an aromatic ring is 1. The molecule has 0 amide bonds. The van der Waals surface area contributed by atoms with Crippen LogP contribution in [0.25, 0.3) is 0 Å². The van der Waals surface area contributed by atoms with Gasteiger partial charge in [0, 0.05) is 18.3 Å². The lowest BCUT2D eigenvalue weighted by molar-refractivity contribution is 0.344. The smallest absolute Gasteiger partial charge is 0.244 e. The van der Waals surface area contributed by atoms with Crippen molar-refractivity contribution in [2.75, 3.05) is 12.3 Å². The Labute approximate surface area is 124 Å². The second-order valence-corrected chi connectivity index (χ2v) is 7.59. The zero-order chi connectivity index (χ0) is 15.6. The molecule has 0 aromatic carbocycles. The zero-order valence-electron chi connectivity index (χ0n) is 11.9. The fraction of sp³-hybridized carbons (Fsp3) is 0.583. The lowest BCUT2D eigenvalue weighted by Gasteiger charge is -2.30. The molecule has 1 rings (SSSR count). The van der Waals surface area contributed by atoms with E-state index in [1.807, 2.05) is 13.8 Å². The number of sulfonamides is 1. The molecule has 1 atom stereocenters. The lowest BCUT2D eigenvalue weighted by atomic mass is 9.92. The number of anilines is 1. The molecule has 0 saturated heterocycles. The van der Waals surface area contributed by atoms with E-state index in [1.165, 1.54) is 12.3 Å². The minimum Gasteiger partial charge on any atom is -0.383 e. The Bertz CT molecular complexity index is 577. The molecule has 0 saturated carbocycles. The molecular formula is C12H21ClN4O2S. The van der Waals surface area contributed by atoms with Gasteiger partial charge in [-0.25, -0.2) is 18.1 Å². The van der Waals surface area contributed by atoms with Crippen LogP contribution < -0.4 is 16.2 Å². The number of aromatic nitrogens is 1. The summed E-state index contributed by atoms with van der Waals surface area (Å²) in [6, 6.07) is 1.28. The van der Waals surface area contributed by atoms with Crippen LogP contribution in [0.5, 0.6) is 0 Å². The van der Waals surface area contributed by atoms with E-state index >= 15 is 0 Å². The third kappa shape index (κ3) is 4.31. The molecule has 5 N–H and O–H groups in total. The summed E-state index contributed by atoms with van der Waals surface area (Å²) in [4.78, 5) is 3.63. The van der Waals surface area contributed by atoms with Gasteiger partial charge in [-0.05, 0) is 25.3 Å². The SMILES string of the molecule is CC(C)CC(C)(CN)NS(=O)(=O)c1cc(Cl)cnc1N. The third-order valence-electron chi connectivity index (χ3n) is 2.83. The van der Waals surface area contributed by atoms with Crippen LogP contribution >= 0.6 is 11.6 Å². The molecule has 0 fully saturated rings. The van der Waals surface area contributed by atoms with Gasteiger partial charge in [-0.3, -0.25) is 0 Å². The van der Waals surface area contributed by atoms with Gasteiger partial charge in [0.05, 0.1) is 5.02 Å². The summed E-state index contributed by atoms with van der Waals surface area (Å²) in [5.41, 5.74) is 10.6. The van der Waals surface area contributed by atoms with E-state index in [2.05, 4.69) is 9.71 Å². The van der Waals surface area contributed by atoms with Gasteiger partial charge in [-0.2, -0.15) is 0 Å². The molecule has 1 heterocycles. The summed E-state index contributed by atoms with van der Waals surface area (Å²) < 4.78 is 27.4. The van der Waals surface area contributed by atoms with Crippen LogP contribution in [0.2, 0.25) is 5.02 Å². The maximum Gasteiger partial charge on any atom is 0.244 e. The largest absolute Gasteiger partial charge is 0.383 e. The van der Waals surface area contributed by atoms with Crippen molar-refractivity contribution < 1.29 is 8.42 Å². The highest BCUT2D eigenvalue weighted by Crippen LogP contribution is 2.23. The number of hydrogen-bond donors (Lipinski definition) is 3. The summed E-state index contributed by atoms with van der Waals surface area (Å²) >= 11 is 5.78. The van der Waals surface area contributed by atoms with Crippen molar-refractivity contribution >= 4 is 27.4 Å². The molecule has 0 aliphatic rings. The highest BCUT2D eigenvalue weighted by molar-refractivity contribution is 7.89. The van der Waals surface area contributed by atoms with Crippen molar-refractivity contribution in [3.63, 3.8) is 0 Å². The minimum atomic E-state index is -3.83. The van der Waals surface area contributed by atoms with E-state index in [0.29, 0.717) is 12.3 Å². The number of nitrogens with two attached hydrogens (primary N) is 2. The predicted octanol–water partition coefficient (Wildman–Crippen LogP) is 1.36. The molecule has 0 aliphatic heterocycles. The van der Waals surface area contributed by atoms with Crippen molar-refractivity contribution in [3.05, 3.63) is 17.3 Å². The highest BCUT2D eigenvalue weighted by Gasteiger charge is 2.31. The number of halogens is 1. The maximum atomic E-state index is 12.4. The van der Waals surface area contributed by atoms with Crippen LogP contribution in [0.15, 0.2) is 17.2 Å². The Morgan fingerprint density at radius 3 is 2.60 bits per heavy atom. The highest BCUT2D eigenvalue weighted by atomic mass is 35.5. The second kappa shape index (κ2) is 6.26. The van der Waals surface area contributed by atoms with Crippen molar-refractivity contribution in [2.24, 2.45) is 11.7 Å². The fourth-order valence-electron chi connectivity index (χ4n) is 2.09. The Morgan fingerprint density at radius 1 is 1.50 bits per heavy atom. The van der Waals surface area contributed by atoms with Gasteiger partial charge in [0.15, 0.2) is 0 Å². The predicted molar refractivity (Wildman–Crippen MR) is 80.9 cm³/mol. The Morgan fingerprint density at radius 2 is 2.10 bits per heavy atom. The van der Waals surface area contributed by atoms with Gasteiger partial charge in [0.25, 0.3) is 0 Å². The summed E-state index contributed by atoms with van der Waals surface area (Å²) in [6.07, 6.45) is 1.91. The van der Waals surface area contributed by atoms with E-state index in [9.17, 15) is 8.42 Å². The van der Waals surface area contributed by atoms with E-state index in [1.54, 1.807) is 6.92 Å². The quantitative estimate of drug-likeness (QED) is 0.732. The standard InChI is InChI=1S/C12H21ClN4O2S/c1-8(2)5-12(3,7-14)17-20(18,19)10-4-9(13)6-16-11(10)15/h4,6,8,17H,5,7,14H2,1-3H3,(H2,15,16). The molecule has 1 aromatic heterocycles. The topological polar surface area (TPSA) is 111 Å². The Kier molecular flexibility index (Phi) is 5.37. The number of pyridine rings is 1. The molecule has 1 unspecified atom stereocenters. The first-order valence-corrected chi connectivity index (χ1v) is 8.11. The molecule has 1 aromatic rings. The van der Waals surface area contributed by atoms with Crippen LogP contribution in [0.1, 0.15) is 27.2 Å². The summed E-state index contributed by atoms with van der Waals surface area (Å²) in [6.45, 7) is 5.94. The molecule has 20 heavy (non-hydrogen) atoms. The van der Waals surface area contributed by atoms with Gasteiger partial charge in [-0.1, -0.05) is 25.4 Å². The van der Waals surface area contributed by atoms with Crippen LogP contribution in [0.4, 0.5) is 5.82 Å². The van der Waals surface area contributed by atoms with Gasteiger partial charge in [0.2, 0.25) is 10.0 Å². The van der Waals surface area contributed by atoms with E-state index in [-0.39, 0.29) is 22.3 Å². The first-order chi connectivity index (χ1) is 9.09. The molecular weight excluding hydrogens is 300 g/mol. The maximum absolute atomic E-state index is 12.4. The molecule has 0 radical (unpaired) electrons. The van der Waals surface area contributed by atoms with Gasteiger partial charge >= 0.3 is 0 Å². The first-order valence-electron chi connectivity index (χ1n) is 6.25. The molecule has 0 aliphatic carbocycles. The monoisotopic (exact) mass is 320 g/mol. The van der Waals surface area contributed by atoms with E-state index < -0.39 is 15.6 Å². The molecule has 0 bridgehead atoms. The summed E-state index contributed by atoms with van der Waals surface area (Å²) in [5.74, 6) is 0.201. The van der Waals surface area contributed by atoms with Crippen molar-refractivity contribution in [1.82, 2.24) is 9.71 Å². The number of nitrogens with one attached hydrogen (secondary N) is 1. The van der Waals surface area contributed by atoms with Crippen molar-refractivity contribution in [2.45, 2.75) is 37.6 Å². The van der Waals surface area contributed by atoms with Gasteiger partial charge < -0.3 is 11.5 Å². The van der Waals surface area contributed by atoms with Crippen LogP contribution in [-0.2, 0) is 10.0 Å². The molecule has 6 nitrogen and oxygen atoms in total. The van der Waals surface area contributed by atoms with Crippen molar-refractivity contribution in [1.29, 1.82) is 0 Å². The summed E-state index contributed by atoms with van der Waals surface area (Å²) in [5, 5.41) is 0.206. The number of rotatable bonds is 6. The van der Waals surface area contributed by atoms with Crippen LogP contribution in [0, 0.1) is 5.92 Å². The average molecular weight is 321 g/mol. The lowest BCUT2D eigenvalue weighted by Crippen LogP contribution is -2.52. The first kappa shape index (κ1) is 17.2. The minimum absolute atomic E-state index is 0.0918. The molecule has 114 valence electrons. The molecule has 0 spiro atoms. The van der Waals surface area contributed by atoms with E-state index in [4.69, 9.17) is 23.1 Å². The fourth-order valence-corrected chi connectivity index (χ4v) is 3.85. The third-order valence-corrected chi connectivity index (χ3v) is 4.70. The van der Waals surface area contributed by atoms with Gasteiger partial charge in [0.1, 0.15) is 10.7 Å². The van der Waals surface area contributed by atoms with Crippen molar-refractivity contribution in [3.8, 4) is 0 Å².